The second-order valence-corrected chi connectivity index (χ2v) is 23.7. The number of nitrogens with zero attached hydrogens (tertiary/aromatic N) is 2. The molecule has 1 aromatic heterocycles. The molecule has 4 aliphatic heterocycles. The molecule has 4 amide bonds. The monoisotopic (exact) mass is 1060 g/mol. The molecule has 2 saturated heterocycles. The minimum Gasteiger partial charge on any atom is -0.504 e. The van der Waals surface area contributed by atoms with Crippen molar-refractivity contribution in [2.45, 2.75) is 142 Å². The highest BCUT2D eigenvalue weighted by Crippen LogP contribution is 2.70. The zero-order valence-corrected chi connectivity index (χ0v) is 43.7. The molecule has 5 heterocycles. The number of H-pyrrole nitrogens is 1. The number of likely N-dealkylation sites (tertiary alicyclic amines) is 2. The number of phenolic OH excluding ortho intramolecular Hbond substituents is 2. The zero-order chi connectivity index (χ0) is 53.0. The fourth-order valence-corrected chi connectivity index (χ4v) is 15.9. The largest absolute Gasteiger partial charge is 0.504 e. The lowest BCUT2D eigenvalue weighted by atomic mass is 9.48. The van der Waals surface area contributed by atoms with Gasteiger partial charge in [0.05, 0.1) is 45.0 Å². The smallest absolute Gasteiger partial charge is 0.250 e. The minimum absolute atomic E-state index is 0.0427. The maximum atomic E-state index is 13.2. The van der Waals surface area contributed by atoms with Crippen LogP contribution in [-0.4, -0.2) is 160 Å². The Kier molecular flexibility index (Phi) is 12.6. The van der Waals surface area contributed by atoms with Crippen molar-refractivity contribution in [3.8, 4) is 23.0 Å². The number of aromatic nitrogens is 1. The summed E-state index contributed by atoms with van der Waals surface area (Å²) in [6.07, 6.45) is 9.69. The molecule has 13 rings (SSSR count). The number of aromatic hydroxyl groups is 2. The van der Waals surface area contributed by atoms with Crippen molar-refractivity contribution in [2.75, 3.05) is 71.5 Å². The van der Waals surface area contributed by atoms with Crippen molar-refractivity contribution in [2.24, 2.45) is 5.92 Å². The summed E-state index contributed by atoms with van der Waals surface area (Å²) >= 11 is 0. The summed E-state index contributed by atoms with van der Waals surface area (Å²) in [6, 6.07) is 12.4. The fourth-order valence-electron chi connectivity index (χ4n) is 15.9. The Morgan fingerprint density at radius 2 is 1.35 bits per heavy atom. The number of amides is 4. The molecule has 0 radical (unpaired) electrons. The van der Waals surface area contributed by atoms with E-state index in [2.05, 4.69) is 36.1 Å². The number of likely N-dealkylation sites (N-methyl/N-ethyl adjacent to an activating group) is 1. The summed E-state index contributed by atoms with van der Waals surface area (Å²) in [6.45, 7) is 2.39. The van der Waals surface area contributed by atoms with Crippen molar-refractivity contribution in [1.29, 1.82) is 0 Å². The number of rotatable bonds is 20. The van der Waals surface area contributed by atoms with E-state index < -0.39 is 46.2 Å². The van der Waals surface area contributed by atoms with Gasteiger partial charge in [0.2, 0.25) is 23.6 Å². The highest BCUT2D eigenvalue weighted by atomic mass is 16.5. The van der Waals surface area contributed by atoms with E-state index in [1.54, 1.807) is 12.1 Å². The molecule has 2 saturated carbocycles. The van der Waals surface area contributed by atoms with Crippen LogP contribution in [0.2, 0.25) is 0 Å². The molecule has 4 bridgehead atoms. The van der Waals surface area contributed by atoms with E-state index in [1.165, 1.54) is 12.8 Å². The molecule has 4 fully saturated rings. The Balaban J connectivity index is 0.510. The molecule has 4 aromatic rings. The van der Waals surface area contributed by atoms with E-state index in [-0.39, 0.29) is 67.7 Å². The third-order valence-corrected chi connectivity index (χ3v) is 19.5. The van der Waals surface area contributed by atoms with Crippen LogP contribution in [0, 0.1) is 5.92 Å². The molecular weight excluding hydrogens is 987 g/mol. The van der Waals surface area contributed by atoms with E-state index >= 15 is 0 Å². The SMILES string of the molecule is CN1CC[C@]23c4c5ccc(O)c4O[C@H]2[C@@H](NC(=O)COCC(=O)NCCCCCCCNC(=O)COCC(=O)Nc2cccc4c6c([nH]c24)[C@@H]2Oc4c(O)ccc7c4[C@@]24CCN(CC2CC2)[C@H](C7)[C@]4(O)C6)CC[C@@]3(O)[C@H]1C5. The molecule has 9 N–H and O–H groups in total. The van der Waals surface area contributed by atoms with Gasteiger partial charge in [-0.15, -0.1) is 0 Å². The Hall–Kier alpha value is -5.96. The van der Waals surface area contributed by atoms with Gasteiger partial charge in [-0.2, -0.15) is 0 Å². The molecule has 19 heteroatoms. The molecule has 5 aliphatic carbocycles. The summed E-state index contributed by atoms with van der Waals surface area (Å²) in [5.41, 5.74) is 3.48. The van der Waals surface area contributed by atoms with Gasteiger partial charge in [-0.05, 0) is 125 Å². The Morgan fingerprint density at radius 3 is 2.06 bits per heavy atom. The average Bonchev–Trinajstić information content (AvgIpc) is 3.73. The number of piperidine rings is 2. The summed E-state index contributed by atoms with van der Waals surface area (Å²) in [7, 11) is 2.04. The number of carbonyl (C=O) groups excluding carboxylic acids is 4. The van der Waals surface area contributed by atoms with Crippen molar-refractivity contribution in [1.82, 2.24) is 30.7 Å². The third kappa shape index (κ3) is 7.94. The maximum Gasteiger partial charge on any atom is 0.250 e. The quantitative estimate of drug-likeness (QED) is 0.0576. The topological polar surface area (TPSA) is 257 Å². The predicted molar refractivity (Wildman–Crippen MR) is 281 cm³/mol. The number of aromatic amines is 1. The number of unbranched alkanes of at least 4 members (excludes halogenated alkanes) is 4. The second-order valence-electron chi connectivity index (χ2n) is 23.7. The molecule has 9 aliphatic rings. The lowest BCUT2D eigenvalue weighted by molar-refractivity contribution is -0.187. The van der Waals surface area contributed by atoms with E-state index in [0.29, 0.717) is 81.1 Å². The van der Waals surface area contributed by atoms with Crippen molar-refractivity contribution < 1.29 is 58.6 Å². The van der Waals surface area contributed by atoms with Gasteiger partial charge < -0.3 is 70.5 Å². The van der Waals surface area contributed by atoms with Crippen LogP contribution in [0.4, 0.5) is 5.69 Å². The lowest BCUT2D eigenvalue weighted by Crippen LogP contribution is -2.77. The molecule has 0 unspecified atom stereocenters. The van der Waals surface area contributed by atoms with E-state index in [4.69, 9.17) is 18.9 Å². The van der Waals surface area contributed by atoms with Crippen LogP contribution < -0.4 is 30.7 Å². The number of hydrogen-bond acceptors (Lipinski definition) is 14. The van der Waals surface area contributed by atoms with E-state index in [1.807, 2.05) is 37.4 Å². The average molecular weight is 1060 g/mol. The Bertz CT molecular complexity index is 3050. The molecule has 2 spiro atoms. The van der Waals surface area contributed by atoms with E-state index in [9.17, 15) is 39.6 Å². The predicted octanol–water partition coefficient (Wildman–Crippen LogP) is 3.40. The highest BCUT2D eigenvalue weighted by molar-refractivity contribution is 6.03. The molecule has 3 aromatic carbocycles. The fraction of sp³-hybridized carbons (Fsp3) is 0.586. The van der Waals surface area contributed by atoms with Crippen LogP contribution in [0.5, 0.6) is 23.0 Å². The number of carbonyl (C=O) groups is 4. The lowest BCUT2D eigenvalue weighted by Gasteiger charge is -2.63. The summed E-state index contributed by atoms with van der Waals surface area (Å²) < 4.78 is 24.2. The molecular formula is C58H71N7O12. The minimum atomic E-state index is -1.13. The zero-order valence-electron chi connectivity index (χ0n) is 43.7. The number of aliphatic hydroxyl groups is 2. The molecule has 9 atom stereocenters. The number of anilines is 1. The van der Waals surface area contributed by atoms with Crippen molar-refractivity contribution in [3.63, 3.8) is 0 Å². The van der Waals surface area contributed by atoms with Crippen molar-refractivity contribution >= 4 is 40.2 Å². The van der Waals surface area contributed by atoms with Gasteiger partial charge in [-0.3, -0.25) is 24.1 Å². The summed E-state index contributed by atoms with van der Waals surface area (Å²) in [5.74, 6) is 0.276. The highest BCUT2D eigenvalue weighted by Gasteiger charge is 2.74. The van der Waals surface area contributed by atoms with Crippen LogP contribution in [0.1, 0.15) is 110 Å². The first-order chi connectivity index (χ1) is 37.2. The molecule has 410 valence electrons. The van der Waals surface area contributed by atoms with E-state index in [0.717, 1.165) is 96.2 Å². The number of benzene rings is 3. The number of nitrogens with one attached hydrogen (secondary N) is 5. The number of para-hydroxylation sites is 1. The molecule has 19 nitrogen and oxygen atoms in total. The van der Waals surface area contributed by atoms with Gasteiger partial charge >= 0.3 is 0 Å². The van der Waals surface area contributed by atoms with Crippen LogP contribution in [0.15, 0.2) is 42.5 Å². The number of ether oxygens (including phenoxy) is 4. The van der Waals surface area contributed by atoms with Crippen molar-refractivity contribution in [3.05, 3.63) is 76.0 Å². The Morgan fingerprint density at radius 1 is 0.714 bits per heavy atom. The van der Waals surface area contributed by atoms with Gasteiger partial charge in [-0.25, -0.2) is 0 Å². The van der Waals surface area contributed by atoms with Gasteiger partial charge in [0.15, 0.2) is 29.1 Å². The van der Waals surface area contributed by atoms with Crippen LogP contribution in [-0.2, 0) is 58.7 Å². The number of fused-ring (bicyclic) bond motifs is 4. The van der Waals surface area contributed by atoms with Gasteiger partial charge in [0.1, 0.15) is 32.5 Å². The first-order valence-electron chi connectivity index (χ1n) is 28.1. The van der Waals surface area contributed by atoms with Gasteiger partial charge in [0, 0.05) is 54.7 Å². The summed E-state index contributed by atoms with van der Waals surface area (Å²) in [4.78, 5) is 59.8. The summed E-state index contributed by atoms with van der Waals surface area (Å²) in [5, 5.41) is 60.0. The van der Waals surface area contributed by atoms with Gasteiger partial charge in [-0.1, -0.05) is 43.5 Å². The van der Waals surface area contributed by atoms with Crippen LogP contribution in [0.25, 0.3) is 10.9 Å². The number of hydrogen-bond donors (Lipinski definition) is 9. The molecule has 77 heavy (non-hydrogen) atoms. The third-order valence-electron chi connectivity index (χ3n) is 19.5. The first kappa shape index (κ1) is 50.5. The number of phenols is 2. The van der Waals surface area contributed by atoms with Gasteiger partial charge in [0.25, 0.3) is 0 Å². The van der Waals surface area contributed by atoms with Crippen LogP contribution >= 0.6 is 0 Å². The second kappa shape index (κ2) is 19.1. The van der Waals surface area contributed by atoms with Crippen LogP contribution in [0.3, 0.4) is 0 Å². The standard InChI is InChI=1S/C58H71N7O12/c1-64-22-18-55-47-33-12-14-39(66)51(47)76-53(55)38(16-17-57(55,72)41(64)24-33)62-46(71)31-75-29-44(69)60-21-6-4-2-3-5-20-59-43(68)28-74-30-45(70)61-37-9-7-8-35-36-26-58(73)42-25-34-13-15-40(67)52-48(34)56(58,19-23-65(42)27-32-10-11-32)54(77-52)50(36)63-49(35)37/h7-9,12-15,32,38,41-42,53-54,63,66-67,72-73H,2-6,10-11,16-31H2,1H3,(H,59,68)(H,60,69)(H,61,70)(H,62,71)/t38-,41+,42+,53-,54-,55-,56-,57+,58+/m0/s1. The maximum absolute atomic E-state index is 13.2. The Labute approximate surface area is 446 Å². The normalized spacial score (nSPS) is 30.6. The first-order valence-corrected chi connectivity index (χ1v) is 28.1.